The molecule has 158 valence electrons. The van der Waals surface area contributed by atoms with Gasteiger partial charge in [0.15, 0.2) is 0 Å². The molecule has 0 spiro atoms. The predicted molar refractivity (Wildman–Crippen MR) is 123 cm³/mol. The van der Waals surface area contributed by atoms with Crippen LogP contribution < -0.4 is 4.74 Å². The van der Waals surface area contributed by atoms with Crippen molar-refractivity contribution in [2.75, 3.05) is 12.9 Å². The summed E-state index contributed by atoms with van der Waals surface area (Å²) < 4.78 is 18.7. The maximum absolute atomic E-state index is 13.4. The van der Waals surface area contributed by atoms with Crippen LogP contribution >= 0.6 is 11.8 Å². The Kier molecular flexibility index (Phi) is 6.67. The lowest BCUT2D eigenvalue weighted by molar-refractivity contribution is -0.130. The molecule has 3 aromatic carbocycles. The topological polar surface area (TPSA) is 41.9 Å². The molecule has 6 heteroatoms. The Morgan fingerprint density at radius 1 is 1.06 bits per heavy atom. The Balaban J connectivity index is 1.52. The summed E-state index contributed by atoms with van der Waals surface area (Å²) in [5.74, 6) is 1.50. The van der Waals surface area contributed by atoms with E-state index < -0.39 is 0 Å². The van der Waals surface area contributed by atoms with Gasteiger partial charge in [-0.25, -0.2) is 9.40 Å². The van der Waals surface area contributed by atoms with Crippen molar-refractivity contribution in [3.63, 3.8) is 0 Å². The highest BCUT2D eigenvalue weighted by Crippen LogP contribution is 2.34. The fourth-order valence-electron chi connectivity index (χ4n) is 3.54. The summed E-state index contributed by atoms with van der Waals surface area (Å²) in [6.45, 7) is 0. The number of ether oxygens (including phenoxy) is 1. The molecule has 0 saturated heterocycles. The lowest BCUT2D eigenvalue weighted by Gasteiger charge is -2.22. The Morgan fingerprint density at radius 2 is 1.77 bits per heavy atom. The van der Waals surface area contributed by atoms with Gasteiger partial charge in [-0.15, -0.1) is 11.8 Å². The Hall–Kier alpha value is -3.12. The predicted octanol–water partition coefficient (Wildman–Crippen LogP) is 5.45. The van der Waals surface area contributed by atoms with Crippen molar-refractivity contribution in [3.8, 4) is 5.75 Å². The second-order valence-electron chi connectivity index (χ2n) is 7.26. The molecule has 0 saturated carbocycles. The monoisotopic (exact) mass is 434 g/mol. The molecular formula is C25H23FN2O2S. The third kappa shape index (κ3) is 5.14. The van der Waals surface area contributed by atoms with E-state index in [0.29, 0.717) is 12.2 Å². The van der Waals surface area contributed by atoms with E-state index in [1.54, 1.807) is 36.0 Å². The van der Waals surface area contributed by atoms with E-state index in [4.69, 9.17) is 4.74 Å². The van der Waals surface area contributed by atoms with E-state index in [1.165, 1.54) is 17.7 Å². The number of hydrogen-bond acceptors (Lipinski definition) is 4. The van der Waals surface area contributed by atoms with E-state index in [0.717, 1.165) is 28.3 Å². The molecule has 0 bridgehead atoms. The number of nitrogens with zero attached hydrogens (tertiary/aromatic N) is 2. The van der Waals surface area contributed by atoms with E-state index in [9.17, 15) is 9.18 Å². The highest BCUT2D eigenvalue weighted by atomic mass is 32.2. The SMILES string of the molecule is COc1ccc(C2=NN(C(=O)CSCc3ccccc3)C(c3ccc(F)cc3)C2)cc1. The molecule has 1 atom stereocenters. The number of benzene rings is 3. The summed E-state index contributed by atoms with van der Waals surface area (Å²) >= 11 is 1.57. The van der Waals surface area contributed by atoms with Crippen LogP contribution in [-0.2, 0) is 10.5 Å². The van der Waals surface area contributed by atoms with Crippen LogP contribution in [0.15, 0.2) is 84.0 Å². The molecule has 0 radical (unpaired) electrons. The molecule has 0 aromatic heterocycles. The first kappa shape index (κ1) is 21.1. The Morgan fingerprint density at radius 3 is 2.45 bits per heavy atom. The van der Waals surface area contributed by atoms with Crippen molar-refractivity contribution in [2.24, 2.45) is 5.10 Å². The van der Waals surface area contributed by atoms with Gasteiger partial charge in [-0.2, -0.15) is 5.10 Å². The highest BCUT2D eigenvalue weighted by molar-refractivity contribution is 7.99. The first-order valence-electron chi connectivity index (χ1n) is 10.0. The summed E-state index contributed by atoms with van der Waals surface area (Å²) in [5, 5.41) is 6.23. The van der Waals surface area contributed by atoms with E-state index in [-0.39, 0.29) is 17.8 Å². The Bertz CT molecular complexity index is 1050. The molecule has 4 nitrogen and oxygen atoms in total. The number of hydrazone groups is 1. The molecule has 3 aromatic rings. The number of rotatable bonds is 7. The first-order chi connectivity index (χ1) is 15.1. The van der Waals surface area contributed by atoms with Crippen molar-refractivity contribution in [1.29, 1.82) is 0 Å². The molecule has 1 aliphatic rings. The van der Waals surface area contributed by atoms with E-state index in [2.05, 4.69) is 17.2 Å². The zero-order valence-electron chi connectivity index (χ0n) is 17.2. The molecule has 1 aliphatic heterocycles. The average molecular weight is 435 g/mol. The Labute approximate surface area is 185 Å². The molecule has 0 fully saturated rings. The van der Waals surface area contributed by atoms with E-state index >= 15 is 0 Å². The minimum Gasteiger partial charge on any atom is -0.497 e. The minimum atomic E-state index is -0.297. The number of methoxy groups -OCH3 is 1. The van der Waals surface area contributed by atoms with Gasteiger partial charge in [0, 0.05) is 12.2 Å². The van der Waals surface area contributed by atoms with Gasteiger partial charge in [-0.3, -0.25) is 4.79 Å². The number of carbonyl (C=O) groups excluding carboxylic acids is 1. The number of halogens is 1. The zero-order chi connectivity index (χ0) is 21.6. The van der Waals surface area contributed by atoms with Crippen LogP contribution in [0.25, 0.3) is 0 Å². The van der Waals surface area contributed by atoms with Crippen LogP contribution in [-0.4, -0.2) is 29.5 Å². The summed E-state index contributed by atoms with van der Waals surface area (Å²) in [6, 6.07) is 23.8. The van der Waals surface area contributed by atoms with Crippen LogP contribution in [0.1, 0.15) is 29.2 Å². The van der Waals surface area contributed by atoms with Crippen LogP contribution in [0, 0.1) is 5.82 Å². The highest BCUT2D eigenvalue weighted by Gasteiger charge is 2.32. The largest absolute Gasteiger partial charge is 0.497 e. The summed E-state index contributed by atoms with van der Waals surface area (Å²) in [6.07, 6.45) is 0.576. The second-order valence-corrected chi connectivity index (χ2v) is 8.25. The number of thioether (sulfide) groups is 1. The lowest BCUT2D eigenvalue weighted by atomic mass is 9.98. The van der Waals surface area contributed by atoms with Crippen LogP contribution in [0.2, 0.25) is 0 Å². The third-order valence-corrected chi connectivity index (χ3v) is 6.17. The van der Waals surface area contributed by atoms with Crippen LogP contribution in [0.3, 0.4) is 0 Å². The molecule has 1 heterocycles. The second kappa shape index (κ2) is 9.79. The van der Waals surface area contributed by atoms with Gasteiger partial charge in [-0.1, -0.05) is 42.5 Å². The van der Waals surface area contributed by atoms with Crippen molar-refractivity contribution in [1.82, 2.24) is 5.01 Å². The molecule has 31 heavy (non-hydrogen) atoms. The number of amides is 1. The third-order valence-electron chi connectivity index (χ3n) is 5.18. The van der Waals surface area contributed by atoms with Crippen molar-refractivity contribution >= 4 is 23.4 Å². The first-order valence-corrected chi connectivity index (χ1v) is 11.2. The molecular weight excluding hydrogens is 411 g/mol. The average Bonchev–Trinajstić information content (AvgIpc) is 3.26. The molecule has 1 amide bonds. The molecule has 4 rings (SSSR count). The van der Waals surface area contributed by atoms with Crippen molar-refractivity contribution < 1.29 is 13.9 Å². The minimum absolute atomic E-state index is 0.0567. The lowest BCUT2D eigenvalue weighted by Crippen LogP contribution is -2.28. The maximum Gasteiger partial charge on any atom is 0.253 e. The van der Waals surface area contributed by atoms with Gasteiger partial charge >= 0.3 is 0 Å². The van der Waals surface area contributed by atoms with Gasteiger partial charge in [0.05, 0.1) is 24.6 Å². The van der Waals surface area contributed by atoms with Crippen LogP contribution in [0.5, 0.6) is 5.75 Å². The fourth-order valence-corrected chi connectivity index (χ4v) is 4.38. The van der Waals surface area contributed by atoms with Gasteiger partial charge < -0.3 is 4.74 Å². The van der Waals surface area contributed by atoms with Gasteiger partial charge in [0.2, 0.25) is 0 Å². The standard InChI is InChI=1S/C25H23FN2O2S/c1-30-22-13-9-19(10-14-22)23-15-24(20-7-11-21(26)12-8-20)28(27-23)25(29)17-31-16-18-5-3-2-4-6-18/h2-14,24H,15-17H2,1H3. The molecule has 1 unspecified atom stereocenters. The van der Waals surface area contributed by atoms with Gasteiger partial charge in [-0.05, 0) is 53.1 Å². The van der Waals surface area contributed by atoms with Gasteiger partial charge in [0.1, 0.15) is 11.6 Å². The van der Waals surface area contributed by atoms with Gasteiger partial charge in [0.25, 0.3) is 5.91 Å². The number of carbonyl (C=O) groups is 1. The van der Waals surface area contributed by atoms with Crippen LogP contribution in [0.4, 0.5) is 4.39 Å². The smallest absolute Gasteiger partial charge is 0.253 e. The molecule has 0 aliphatic carbocycles. The van der Waals surface area contributed by atoms with Crippen molar-refractivity contribution in [3.05, 3.63) is 101 Å². The zero-order valence-corrected chi connectivity index (χ0v) is 18.0. The fraction of sp³-hybridized carbons (Fsp3) is 0.200. The summed E-state index contributed by atoms with van der Waals surface area (Å²) in [7, 11) is 1.63. The molecule has 0 N–H and O–H groups in total. The summed E-state index contributed by atoms with van der Waals surface area (Å²) in [4.78, 5) is 13.1. The normalized spacial score (nSPS) is 15.6. The van der Waals surface area contributed by atoms with Crippen molar-refractivity contribution in [2.45, 2.75) is 18.2 Å². The number of hydrogen-bond donors (Lipinski definition) is 0. The maximum atomic E-state index is 13.4. The quantitative estimate of drug-likeness (QED) is 0.497. The summed E-state index contributed by atoms with van der Waals surface area (Å²) in [5.41, 5.74) is 3.83. The van der Waals surface area contributed by atoms with E-state index in [1.807, 2.05) is 42.5 Å².